The number of phenolic OH excluding ortho intramolecular Hbond substituents is 1. The maximum Gasteiger partial charge on any atom is 0.220 e. The molecule has 0 spiro atoms. The highest BCUT2D eigenvalue weighted by atomic mass is 16.5. The summed E-state index contributed by atoms with van der Waals surface area (Å²) in [5.74, 6) is 0.436. The molecule has 2 rings (SSSR count). The molecule has 0 radical (unpaired) electrons. The normalized spacial score (nSPS) is 14.8. The van der Waals surface area contributed by atoms with Gasteiger partial charge in [0, 0.05) is 26.1 Å². The molecule has 1 saturated heterocycles. The van der Waals surface area contributed by atoms with Gasteiger partial charge in [0.25, 0.3) is 0 Å². The van der Waals surface area contributed by atoms with Crippen molar-refractivity contribution in [2.45, 2.75) is 70.6 Å². The van der Waals surface area contributed by atoms with Crippen molar-refractivity contribution in [2.24, 2.45) is 0 Å². The number of morpholine rings is 1. The van der Waals surface area contributed by atoms with Crippen molar-refractivity contribution < 1.29 is 14.6 Å². The van der Waals surface area contributed by atoms with Crippen LogP contribution in [0.25, 0.3) is 0 Å². The van der Waals surface area contributed by atoms with Crippen LogP contribution in [0.1, 0.15) is 69.8 Å². The van der Waals surface area contributed by atoms with Gasteiger partial charge in [-0.1, -0.05) is 57.1 Å². The summed E-state index contributed by atoms with van der Waals surface area (Å²) >= 11 is 0. The second kappa shape index (κ2) is 15.3. The van der Waals surface area contributed by atoms with E-state index >= 15 is 0 Å². The van der Waals surface area contributed by atoms with E-state index in [4.69, 9.17) is 4.74 Å². The van der Waals surface area contributed by atoms with Crippen LogP contribution in [0.4, 0.5) is 0 Å². The van der Waals surface area contributed by atoms with Crippen molar-refractivity contribution in [3.8, 4) is 5.75 Å². The van der Waals surface area contributed by atoms with Crippen LogP contribution < -0.4 is 5.32 Å². The minimum absolute atomic E-state index is 0.157. The molecule has 164 valence electrons. The monoisotopic (exact) mass is 404 g/mol. The Morgan fingerprint density at radius 2 is 1.48 bits per heavy atom. The lowest BCUT2D eigenvalue weighted by molar-refractivity contribution is -0.121. The number of ether oxygens (including phenoxy) is 1. The van der Waals surface area contributed by atoms with E-state index in [0.717, 1.165) is 51.1 Å². The fourth-order valence-corrected chi connectivity index (χ4v) is 3.78. The highest BCUT2D eigenvalue weighted by Gasteiger charge is 2.08. The van der Waals surface area contributed by atoms with Gasteiger partial charge < -0.3 is 15.2 Å². The Morgan fingerprint density at radius 3 is 2.14 bits per heavy atom. The summed E-state index contributed by atoms with van der Waals surface area (Å²) in [6, 6.07) is 7.16. The van der Waals surface area contributed by atoms with E-state index in [1.165, 1.54) is 51.5 Å². The Morgan fingerprint density at radius 1 is 0.897 bits per heavy atom. The van der Waals surface area contributed by atoms with Gasteiger partial charge in [0.05, 0.1) is 13.2 Å². The number of rotatable bonds is 15. The average Bonchev–Trinajstić information content (AvgIpc) is 2.74. The lowest BCUT2D eigenvalue weighted by atomic mass is 10.1. The molecule has 0 bridgehead atoms. The number of amides is 1. The number of benzene rings is 1. The van der Waals surface area contributed by atoms with Gasteiger partial charge >= 0.3 is 0 Å². The maximum atomic E-state index is 11.9. The predicted octanol–water partition coefficient (Wildman–Crippen LogP) is 4.28. The molecule has 1 fully saturated rings. The molecule has 0 atom stereocenters. The number of carbonyl (C=O) groups is 1. The Balaban J connectivity index is 1.31. The van der Waals surface area contributed by atoms with Crippen LogP contribution in [0.15, 0.2) is 24.3 Å². The molecule has 5 nitrogen and oxygen atoms in total. The lowest BCUT2D eigenvalue weighted by Crippen LogP contribution is -2.36. The van der Waals surface area contributed by atoms with Gasteiger partial charge in [-0.15, -0.1) is 0 Å². The zero-order chi connectivity index (χ0) is 20.6. The minimum atomic E-state index is 0.157. The number of phenols is 1. The van der Waals surface area contributed by atoms with Crippen molar-refractivity contribution in [3.63, 3.8) is 0 Å². The van der Waals surface area contributed by atoms with Crippen LogP contribution in [0, 0.1) is 0 Å². The van der Waals surface area contributed by atoms with E-state index in [0.29, 0.717) is 13.0 Å². The van der Waals surface area contributed by atoms with E-state index in [2.05, 4.69) is 10.2 Å². The summed E-state index contributed by atoms with van der Waals surface area (Å²) in [7, 11) is 0. The Hall–Kier alpha value is -1.59. The SMILES string of the molecule is O=C(CCCCCCCCCCCN1CCOCC1)NCCc1ccc(O)cc1. The highest BCUT2D eigenvalue weighted by molar-refractivity contribution is 5.75. The first-order valence-electron chi connectivity index (χ1n) is 11.6. The number of nitrogens with zero attached hydrogens (tertiary/aromatic N) is 1. The molecule has 5 heteroatoms. The standard InChI is InChI=1S/C24H40N2O3/c27-23-13-11-22(12-14-23)15-16-25-24(28)10-8-6-4-2-1-3-5-7-9-17-26-18-20-29-21-19-26/h11-14,27H,1-10,15-21H2,(H,25,28). The van der Waals surface area contributed by atoms with Gasteiger partial charge in [0.1, 0.15) is 5.75 Å². The second-order valence-electron chi connectivity index (χ2n) is 8.15. The first kappa shape index (κ1) is 23.7. The maximum absolute atomic E-state index is 11.9. The van der Waals surface area contributed by atoms with Crippen molar-refractivity contribution in [1.29, 1.82) is 0 Å². The minimum Gasteiger partial charge on any atom is -0.508 e. The van der Waals surface area contributed by atoms with E-state index in [1.807, 2.05) is 12.1 Å². The van der Waals surface area contributed by atoms with Crippen LogP contribution >= 0.6 is 0 Å². The number of hydrogen-bond donors (Lipinski definition) is 2. The number of nitrogens with one attached hydrogen (secondary N) is 1. The summed E-state index contributed by atoms with van der Waals surface area (Å²) in [6.07, 6.45) is 12.8. The number of aromatic hydroxyl groups is 1. The number of carbonyl (C=O) groups excluding carboxylic acids is 1. The molecule has 1 aromatic rings. The molecule has 1 aliphatic heterocycles. The van der Waals surface area contributed by atoms with Crippen LogP contribution in [0.3, 0.4) is 0 Å². The third-order valence-corrected chi connectivity index (χ3v) is 5.65. The summed E-state index contributed by atoms with van der Waals surface area (Å²) < 4.78 is 5.38. The Bertz CT molecular complexity index is 542. The van der Waals surface area contributed by atoms with Gasteiger partial charge in [0.15, 0.2) is 0 Å². The first-order chi connectivity index (χ1) is 14.2. The summed E-state index contributed by atoms with van der Waals surface area (Å²) in [5, 5.41) is 12.3. The largest absolute Gasteiger partial charge is 0.508 e. The molecule has 1 aliphatic rings. The third kappa shape index (κ3) is 11.9. The topological polar surface area (TPSA) is 61.8 Å². The quantitative estimate of drug-likeness (QED) is 0.428. The summed E-state index contributed by atoms with van der Waals surface area (Å²) in [6.45, 7) is 5.92. The molecule has 29 heavy (non-hydrogen) atoms. The molecule has 0 aromatic heterocycles. The van der Waals surface area contributed by atoms with Crippen LogP contribution in [-0.2, 0) is 16.0 Å². The summed E-state index contributed by atoms with van der Waals surface area (Å²) in [5.41, 5.74) is 1.13. The second-order valence-corrected chi connectivity index (χ2v) is 8.15. The van der Waals surface area contributed by atoms with Gasteiger partial charge in [-0.3, -0.25) is 9.69 Å². The fourth-order valence-electron chi connectivity index (χ4n) is 3.78. The molecular weight excluding hydrogens is 364 g/mol. The molecule has 0 unspecified atom stereocenters. The van der Waals surface area contributed by atoms with Crippen LogP contribution in [-0.4, -0.2) is 55.3 Å². The van der Waals surface area contributed by atoms with Crippen molar-refractivity contribution >= 4 is 5.91 Å². The summed E-state index contributed by atoms with van der Waals surface area (Å²) in [4.78, 5) is 14.4. The van der Waals surface area contributed by atoms with Crippen molar-refractivity contribution in [1.82, 2.24) is 10.2 Å². The number of hydrogen-bond acceptors (Lipinski definition) is 4. The van der Waals surface area contributed by atoms with Gasteiger partial charge in [-0.05, 0) is 43.5 Å². The molecule has 1 heterocycles. The van der Waals surface area contributed by atoms with Gasteiger partial charge in [-0.2, -0.15) is 0 Å². The van der Waals surface area contributed by atoms with Crippen molar-refractivity contribution in [2.75, 3.05) is 39.4 Å². The van der Waals surface area contributed by atoms with Crippen LogP contribution in [0.2, 0.25) is 0 Å². The molecule has 2 N–H and O–H groups in total. The Labute approximate surface area is 176 Å². The van der Waals surface area contributed by atoms with E-state index < -0.39 is 0 Å². The highest BCUT2D eigenvalue weighted by Crippen LogP contribution is 2.12. The van der Waals surface area contributed by atoms with Crippen LogP contribution in [0.5, 0.6) is 5.75 Å². The van der Waals surface area contributed by atoms with E-state index in [1.54, 1.807) is 12.1 Å². The average molecular weight is 405 g/mol. The smallest absolute Gasteiger partial charge is 0.220 e. The zero-order valence-corrected chi connectivity index (χ0v) is 18.0. The molecule has 0 saturated carbocycles. The van der Waals surface area contributed by atoms with Crippen molar-refractivity contribution in [3.05, 3.63) is 29.8 Å². The Kier molecular flexibility index (Phi) is 12.5. The van der Waals surface area contributed by atoms with E-state index in [-0.39, 0.29) is 11.7 Å². The molecule has 1 amide bonds. The fraction of sp³-hybridized carbons (Fsp3) is 0.708. The van der Waals surface area contributed by atoms with Gasteiger partial charge in [0.2, 0.25) is 5.91 Å². The molecular formula is C24H40N2O3. The lowest BCUT2D eigenvalue weighted by Gasteiger charge is -2.26. The number of unbranched alkanes of at least 4 members (excludes halogenated alkanes) is 8. The third-order valence-electron chi connectivity index (χ3n) is 5.65. The molecule has 1 aromatic carbocycles. The van der Waals surface area contributed by atoms with Gasteiger partial charge in [-0.25, -0.2) is 0 Å². The predicted molar refractivity (Wildman–Crippen MR) is 118 cm³/mol. The first-order valence-corrected chi connectivity index (χ1v) is 11.6. The zero-order valence-electron chi connectivity index (χ0n) is 18.0. The van der Waals surface area contributed by atoms with E-state index in [9.17, 15) is 9.90 Å². The molecule has 0 aliphatic carbocycles.